The van der Waals surface area contributed by atoms with Crippen molar-refractivity contribution in [1.29, 1.82) is 0 Å². The van der Waals surface area contributed by atoms with Crippen LogP contribution in [0, 0.1) is 0 Å². The number of amides is 3. The molecule has 0 radical (unpaired) electrons. The summed E-state index contributed by atoms with van der Waals surface area (Å²) in [5, 5.41) is 16.6. The minimum Gasteiger partial charge on any atom is -0.481 e. The molecule has 0 saturated carbocycles. The summed E-state index contributed by atoms with van der Waals surface area (Å²) < 4.78 is 0. The first kappa shape index (κ1) is 27.0. The monoisotopic (exact) mass is 482 g/mol. The van der Waals surface area contributed by atoms with E-state index in [1.807, 2.05) is 0 Å². The first-order valence-corrected chi connectivity index (χ1v) is 12.0. The number of piperazine rings is 1. The SMILES string of the molecule is [13CH3][15N]1CCN([13CH2][13CH]2[13CH2][13CH2][13CH2]N2[13CH2]C(=O)[15NH]CC[13C](=O)[15NH]CC[13C](=O)NCCCC(=O)O)[13CH2][13CH2]1. The van der Waals surface area contributed by atoms with Crippen LogP contribution in [-0.4, -0.2) is 122 Å². The third kappa shape index (κ3) is 11.4. The van der Waals surface area contributed by atoms with Crippen LogP contribution in [0.2, 0.25) is 0 Å². The molecule has 33 heavy (non-hydrogen) atoms. The second kappa shape index (κ2) is 14.8. The summed E-state index contributed by atoms with van der Waals surface area (Å²) in [6.07, 6.45) is 2.92. The number of carboxylic acids is 1. The summed E-state index contributed by atoms with van der Waals surface area (Å²) >= 11 is 0. The molecule has 2 fully saturated rings. The minimum absolute atomic E-state index is 0.0113. The molecule has 188 valence electrons. The number of hydrogen-bond donors (Lipinski definition) is 4. The largest absolute Gasteiger partial charge is 0.481 e. The Bertz CT molecular complexity index is 653. The van der Waals surface area contributed by atoms with Crippen molar-refractivity contribution in [3.8, 4) is 0 Å². The lowest BCUT2D eigenvalue weighted by atomic mass is 10.3. The zero-order valence-electron chi connectivity index (χ0n) is 19.8. The summed E-state index contributed by atoms with van der Waals surface area (Å²) in [5.74, 6) is -1.41. The Morgan fingerprint density at radius 3 is 2.06 bits per heavy atom. The van der Waals surface area contributed by atoms with Crippen LogP contribution in [0.5, 0.6) is 0 Å². The molecule has 0 aromatic heterocycles. The number of carbonyl (C=O) groups excluding carboxylic acids is 3. The Kier molecular flexibility index (Phi) is 12.1. The van der Waals surface area contributed by atoms with E-state index in [1.54, 1.807) is 0 Å². The van der Waals surface area contributed by atoms with Gasteiger partial charge in [0.1, 0.15) is 0 Å². The number of likely N-dealkylation sites (tertiary alicyclic amines) is 1. The third-order valence-corrected chi connectivity index (χ3v) is 6.15. The number of nitrogens with zero attached hydrogens (tertiary/aromatic N) is 3. The van der Waals surface area contributed by atoms with E-state index in [2.05, 4.69) is 37.7 Å². The molecular formula is C22H40N6O5. The molecular weight excluding hydrogens is 442 g/mol. The van der Waals surface area contributed by atoms with Crippen molar-refractivity contribution in [1.82, 2.24) is 30.7 Å². The molecule has 2 saturated heterocycles. The van der Waals surface area contributed by atoms with E-state index in [0.29, 0.717) is 25.6 Å². The lowest BCUT2D eigenvalue weighted by molar-refractivity contribution is -0.137. The lowest BCUT2D eigenvalue weighted by Crippen LogP contribution is -2.50. The van der Waals surface area contributed by atoms with Gasteiger partial charge in [0, 0.05) is 77.7 Å². The Morgan fingerprint density at radius 1 is 0.818 bits per heavy atom. The van der Waals surface area contributed by atoms with Gasteiger partial charge in [0.2, 0.25) is 17.7 Å². The second-order valence-corrected chi connectivity index (χ2v) is 8.92. The lowest BCUT2D eigenvalue weighted by Gasteiger charge is -2.36. The Balaban J connectivity index is 1.52. The number of carbonyl (C=O) groups is 4. The van der Waals surface area contributed by atoms with Crippen LogP contribution in [0.15, 0.2) is 0 Å². The molecule has 1 unspecified atom stereocenters. The molecule has 11 nitrogen and oxygen atoms in total. The Hall–Kier alpha value is -2.24. The average Bonchev–Trinajstić information content (AvgIpc) is 3.19. The van der Waals surface area contributed by atoms with E-state index in [4.69, 9.17) is 5.11 Å². The standard InChI is InChI=1S/C22H40N6O5/c1-26-12-14-27(15-13-26)16-18-4-3-11-28(18)17-21(31)25-10-7-20(30)24-9-6-19(29)23-8-2-5-22(32)33/h18H,2-17H2,1H3,(H,23,29)(H,24,30)(H,25,31)(H,32,33)/i1+1,3+1,4+1,11+1,12+1,14+1,16+1,17+1,18+1,19+1,20+1,24+1,25+1,26+1. The molecule has 0 aromatic rings. The molecule has 1 atom stereocenters. The smallest absolute Gasteiger partial charge is 0.303 e. The highest BCUT2D eigenvalue weighted by Crippen LogP contribution is 2.18. The number of aliphatic carboxylic acids is 1. The van der Waals surface area contributed by atoms with Gasteiger partial charge in [-0.1, -0.05) is 0 Å². The van der Waals surface area contributed by atoms with Crippen LogP contribution in [0.4, 0.5) is 0 Å². The summed E-state index contributed by atoms with van der Waals surface area (Å²) in [4.78, 5) is 53.4. The predicted octanol–water partition coefficient (Wildman–Crippen LogP) is -1.31. The van der Waals surface area contributed by atoms with Crippen LogP contribution in [0.3, 0.4) is 0 Å². The van der Waals surface area contributed by atoms with Crippen molar-refractivity contribution in [2.24, 2.45) is 0 Å². The van der Waals surface area contributed by atoms with Gasteiger partial charge in [0.05, 0.1) is 6.54 Å². The Morgan fingerprint density at radius 2 is 1.42 bits per heavy atom. The fourth-order valence-electron chi connectivity index (χ4n) is 4.15. The number of carboxylic acid groups (broad SMARTS) is 1. The van der Waals surface area contributed by atoms with Gasteiger partial charge in [-0.3, -0.25) is 29.0 Å². The number of nitrogens with one attached hydrogen (secondary N) is 3. The van der Waals surface area contributed by atoms with Crippen LogP contribution in [0.25, 0.3) is 0 Å². The van der Waals surface area contributed by atoms with Crippen LogP contribution >= 0.6 is 0 Å². The first-order chi connectivity index (χ1) is 15.8. The number of rotatable bonds is 14. The Labute approximate surface area is 196 Å². The molecule has 4 N–H and O–H groups in total. The number of likely N-dealkylation sites (N-methyl/N-ethyl adjacent to an activating group) is 1. The molecule has 0 aromatic carbocycles. The molecule has 2 rings (SSSR count). The molecule has 2 aliphatic heterocycles. The van der Waals surface area contributed by atoms with Crippen molar-refractivity contribution in [3.05, 3.63) is 0 Å². The van der Waals surface area contributed by atoms with Gasteiger partial charge < -0.3 is 26.0 Å². The molecule has 3 amide bonds. The van der Waals surface area contributed by atoms with Gasteiger partial charge in [-0.2, -0.15) is 0 Å². The summed E-state index contributed by atoms with van der Waals surface area (Å²) in [5.41, 5.74) is 0. The average molecular weight is 482 g/mol. The second-order valence-electron chi connectivity index (χ2n) is 8.92. The molecule has 0 aliphatic carbocycles. The summed E-state index contributed by atoms with van der Waals surface area (Å²) in [7, 11) is 2.15. The van der Waals surface area contributed by atoms with E-state index in [9.17, 15) is 19.2 Å². The van der Waals surface area contributed by atoms with Crippen molar-refractivity contribution in [2.45, 2.75) is 44.6 Å². The highest BCUT2D eigenvalue weighted by Gasteiger charge is 2.28. The zero-order chi connectivity index (χ0) is 24.1. The van der Waals surface area contributed by atoms with Gasteiger partial charge in [0.25, 0.3) is 0 Å². The minimum atomic E-state index is -0.894. The van der Waals surface area contributed by atoms with Gasteiger partial charge in [-0.15, -0.1) is 0 Å². The van der Waals surface area contributed by atoms with Crippen molar-refractivity contribution in [2.75, 3.05) is 72.5 Å². The van der Waals surface area contributed by atoms with Crippen LogP contribution < -0.4 is 16.0 Å². The molecule has 0 spiro atoms. The summed E-state index contributed by atoms with van der Waals surface area (Å²) in [6.45, 7) is 7.42. The van der Waals surface area contributed by atoms with Gasteiger partial charge >= 0.3 is 5.97 Å². The van der Waals surface area contributed by atoms with E-state index < -0.39 is 5.97 Å². The number of hydrogen-bond acceptors (Lipinski definition) is 7. The summed E-state index contributed by atoms with van der Waals surface area (Å²) in [6, 6.07) is 0.415. The molecule has 0 bridgehead atoms. The molecule has 2 aliphatic rings. The van der Waals surface area contributed by atoms with E-state index in [-0.39, 0.29) is 50.1 Å². The van der Waals surface area contributed by atoms with Crippen LogP contribution in [0.1, 0.15) is 38.5 Å². The highest BCUT2D eigenvalue weighted by atomic mass is 16.4. The maximum absolute atomic E-state index is 12.3. The first-order valence-electron chi connectivity index (χ1n) is 12.0. The normalized spacial score (nSPS) is 19.8. The van der Waals surface area contributed by atoms with E-state index in [0.717, 1.165) is 52.1 Å². The molecule has 11 heteroatoms. The maximum Gasteiger partial charge on any atom is 0.303 e. The fraction of sp³-hybridized carbons (Fsp3) is 0.818. The van der Waals surface area contributed by atoms with Crippen molar-refractivity contribution < 1.29 is 24.3 Å². The van der Waals surface area contributed by atoms with Gasteiger partial charge in [-0.25, -0.2) is 0 Å². The predicted molar refractivity (Wildman–Crippen MR) is 124 cm³/mol. The van der Waals surface area contributed by atoms with E-state index in [1.165, 1.54) is 0 Å². The topological polar surface area (TPSA) is 134 Å². The van der Waals surface area contributed by atoms with Crippen molar-refractivity contribution >= 4 is 23.7 Å². The highest BCUT2D eigenvalue weighted by molar-refractivity contribution is 5.81. The maximum atomic E-state index is 12.3. The molecule has 2 heterocycles. The quantitative estimate of drug-likeness (QED) is 0.136. The third-order valence-electron chi connectivity index (χ3n) is 6.15. The fourth-order valence-corrected chi connectivity index (χ4v) is 4.15. The van der Waals surface area contributed by atoms with Crippen LogP contribution in [-0.2, 0) is 19.2 Å². The van der Waals surface area contributed by atoms with Crippen molar-refractivity contribution in [3.63, 3.8) is 0 Å². The zero-order valence-corrected chi connectivity index (χ0v) is 19.8. The van der Waals surface area contributed by atoms with Gasteiger partial charge in [-0.05, 0) is 32.9 Å². The van der Waals surface area contributed by atoms with E-state index >= 15 is 0 Å². The van der Waals surface area contributed by atoms with Gasteiger partial charge in [0.15, 0.2) is 0 Å².